The van der Waals surface area contributed by atoms with Gasteiger partial charge in [-0.05, 0) is 35.1 Å². The van der Waals surface area contributed by atoms with Crippen molar-refractivity contribution in [3.63, 3.8) is 0 Å². The van der Waals surface area contributed by atoms with Gasteiger partial charge in [-0.2, -0.15) is 10.5 Å². The summed E-state index contributed by atoms with van der Waals surface area (Å²) in [6, 6.07) is 44.2. The van der Waals surface area contributed by atoms with Gasteiger partial charge in [-0.25, -0.2) is 0 Å². The molecule has 4 nitrogen and oxygen atoms in total. The van der Waals surface area contributed by atoms with Crippen molar-refractivity contribution in [2.24, 2.45) is 0 Å². The third-order valence-corrected chi connectivity index (χ3v) is 6.74. The Balaban J connectivity index is 0. The van der Waals surface area contributed by atoms with Crippen molar-refractivity contribution < 1.29 is 10.2 Å². The molecule has 0 bridgehead atoms. The van der Waals surface area contributed by atoms with E-state index < -0.39 is 0 Å². The molecule has 0 heterocycles. The summed E-state index contributed by atoms with van der Waals surface area (Å²) in [6.45, 7) is 16.2. The lowest BCUT2D eigenvalue weighted by molar-refractivity contribution is 0.271. The predicted octanol–water partition coefficient (Wildman–Crippen LogP) is 11.0. The second-order valence-corrected chi connectivity index (χ2v) is 9.09. The molecule has 0 saturated carbocycles. The van der Waals surface area contributed by atoms with Crippen molar-refractivity contribution in [2.45, 2.75) is 91.9 Å². The molecule has 0 aliphatic heterocycles. The van der Waals surface area contributed by atoms with Crippen molar-refractivity contribution in [3.05, 3.63) is 144 Å². The van der Waals surface area contributed by atoms with Crippen molar-refractivity contribution >= 4 is 0 Å². The number of nitriles is 2. The third kappa shape index (κ3) is 15.7. The van der Waals surface area contributed by atoms with E-state index in [1.807, 2.05) is 177 Å². The van der Waals surface area contributed by atoms with Crippen LogP contribution in [0.5, 0.6) is 0 Å². The second-order valence-electron chi connectivity index (χ2n) is 9.09. The van der Waals surface area contributed by atoms with Crippen LogP contribution in [0.2, 0.25) is 0 Å². The molecule has 0 amide bonds. The van der Waals surface area contributed by atoms with E-state index in [-0.39, 0.29) is 36.9 Å². The summed E-state index contributed by atoms with van der Waals surface area (Å²) in [5.41, 5.74) is 4.22. The Labute approximate surface area is 281 Å². The Morgan fingerprint density at radius 1 is 0.413 bits per heavy atom. The minimum atomic E-state index is -0.226. The van der Waals surface area contributed by atoms with E-state index in [0.717, 1.165) is 22.3 Å². The molecule has 4 aromatic carbocycles. The van der Waals surface area contributed by atoms with Crippen LogP contribution >= 0.6 is 0 Å². The molecule has 0 aliphatic carbocycles. The molecule has 4 atom stereocenters. The van der Waals surface area contributed by atoms with Gasteiger partial charge in [0.05, 0.1) is 24.0 Å². The molecule has 0 unspecified atom stereocenters. The number of rotatable bonds is 10. The topological polar surface area (TPSA) is 88.0 Å². The summed E-state index contributed by atoms with van der Waals surface area (Å²) in [7, 11) is 0. The summed E-state index contributed by atoms with van der Waals surface area (Å²) < 4.78 is 0. The first-order chi connectivity index (χ1) is 22.7. The van der Waals surface area contributed by atoms with E-state index in [9.17, 15) is 20.7 Å². The zero-order valence-electron chi connectivity index (χ0n) is 29.5. The van der Waals surface area contributed by atoms with Crippen molar-refractivity contribution in [2.75, 3.05) is 13.2 Å². The van der Waals surface area contributed by atoms with E-state index in [1.165, 1.54) is 0 Å². The predicted molar refractivity (Wildman–Crippen MR) is 197 cm³/mol. The number of hydrogen-bond donors (Lipinski definition) is 2. The van der Waals surface area contributed by atoms with Gasteiger partial charge in [0.1, 0.15) is 0 Å². The Hall–Kier alpha value is -4.22. The number of hydrogen-bond acceptors (Lipinski definition) is 4. The van der Waals surface area contributed by atoms with Crippen LogP contribution in [0.15, 0.2) is 121 Å². The van der Waals surface area contributed by atoms with E-state index in [2.05, 4.69) is 12.1 Å². The van der Waals surface area contributed by atoms with Crippen molar-refractivity contribution in [3.8, 4) is 12.1 Å². The minimum absolute atomic E-state index is 0.0265. The Bertz CT molecular complexity index is 1160. The molecule has 248 valence electrons. The molecule has 4 aromatic rings. The average Bonchev–Trinajstić information content (AvgIpc) is 3.17. The standard InChI is InChI=1S/2C17H17NO.4C2H6/c2*18-13-17(15-9-5-2-6-10-15)16(11-12-19)14-7-3-1-4-8-14;4*1-2/h2*1-10,16-17,19H,11-12H2;4*1-2H3/t2*16-,17-;;;;/m10..../s1. The summed E-state index contributed by atoms with van der Waals surface area (Å²) in [6.07, 6.45) is 1.19. The van der Waals surface area contributed by atoms with Crippen LogP contribution < -0.4 is 0 Å². The normalized spacial score (nSPS) is 11.7. The molecule has 0 aromatic heterocycles. The SMILES string of the molecule is CC.CC.CC.CC.N#C[C@@H](c1ccccc1)[C@@H](CCO)c1ccccc1.N#C[C@H](c1ccccc1)[C@H](CCO)c1ccccc1. The minimum Gasteiger partial charge on any atom is -0.396 e. The molecule has 0 radical (unpaired) electrons. The zero-order chi connectivity index (χ0) is 35.0. The number of nitrogens with zero attached hydrogens (tertiary/aromatic N) is 2. The van der Waals surface area contributed by atoms with Crippen LogP contribution in [0.1, 0.15) is 114 Å². The van der Waals surface area contributed by atoms with Crippen LogP contribution in [0.3, 0.4) is 0 Å². The van der Waals surface area contributed by atoms with E-state index in [0.29, 0.717) is 12.8 Å². The van der Waals surface area contributed by atoms with Crippen LogP contribution in [-0.4, -0.2) is 23.4 Å². The largest absolute Gasteiger partial charge is 0.396 e. The van der Waals surface area contributed by atoms with Gasteiger partial charge in [0.2, 0.25) is 0 Å². The van der Waals surface area contributed by atoms with Gasteiger partial charge in [-0.15, -0.1) is 0 Å². The molecule has 0 aliphatic rings. The van der Waals surface area contributed by atoms with Gasteiger partial charge < -0.3 is 10.2 Å². The fraction of sp³-hybridized carbons (Fsp3) is 0.381. The van der Waals surface area contributed by atoms with Crippen molar-refractivity contribution in [1.82, 2.24) is 0 Å². The Kier molecular flexibility index (Phi) is 29.4. The monoisotopic (exact) mass is 622 g/mol. The number of aliphatic hydroxyl groups is 2. The first-order valence-corrected chi connectivity index (χ1v) is 16.9. The quantitative estimate of drug-likeness (QED) is 0.184. The fourth-order valence-corrected chi connectivity index (χ4v) is 4.84. The maximum atomic E-state index is 9.51. The summed E-state index contributed by atoms with van der Waals surface area (Å²) in [5.74, 6) is -0.399. The van der Waals surface area contributed by atoms with Crippen molar-refractivity contribution in [1.29, 1.82) is 10.5 Å². The third-order valence-electron chi connectivity index (χ3n) is 6.74. The summed E-state index contributed by atoms with van der Waals surface area (Å²) >= 11 is 0. The highest BCUT2D eigenvalue weighted by Gasteiger charge is 2.25. The van der Waals surface area contributed by atoms with Crippen LogP contribution in [0.4, 0.5) is 0 Å². The number of benzene rings is 4. The van der Waals surface area contributed by atoms with Gasteiger partial charge in [-0.1, -0.05) is 177 Å². The molecule has 4 heteroatoms. The smallest absolute Gasteiger partial charge is 0.0782 e. The lowest BCUT2D eigenvalue weighted by atomic mass is 9.80. The summed E-state index contributed by atoms with van der Waals surface area (Å²) in [5, 5.41) is 37.6. The first kappa shape index (κ1) is 43.9. The molecular weight excluding hydrogens is 564 g/mol. The van der Waals surface area contributed by atoms with E-state index in [4.69, 9.17) is 0 Å². The average molecular weight is 623 g/mol. The van der Waals surface area contributed by atoms with Gasteiger partial charge in [0, 0.05) is 25.0 Å². The fourth-order valence-electron chi connectivity index (χ4n) is 4.84. The Morgan fingerprint density at radius 2 is 0.630 bits per heavy atom. The lowest BCUT2D eigenvalue weighted by Gasteiger charge is -2.22. The molecule has 2 N–H and O–H groups in total. The first-order valence-electron chi connectivity index (χ1n) is 16.9. The molecule has 0 spiro atoms. The van der Waals surface area contributed by atoms with Gasteiger partial charge in [0.15, 0.2) is 0 Å². The van der Waals surface area contributed by atoms with Crippen LogP contribution in [0.25, 0.3) is 0 Å². The molecule has 0 saturated heterocycles. The van der Waals surface area contributed by atoms with Gasteiger partial charge >= 0.3 is 0 Å². The maximum Gasteiger partial charge on any atom is 0.0782 e. The van der Waals surface area contributed by atoms with E-state index in [1.54, 1.807) is 0 Å². The van der Waals surface area contributed by atoms with Gasteiger partial charge in [0.25, 0.3) is 0 Å². The van der Waals surface area contributed by atoms with Crippen LogP contribution in [-0.2, 0) is 0 Å². The highest BCUT2D eigenvalue weighted by molar-refractivity contribution is 5.34. The number of aliphatic hydroxyl groups excluding tert-OH is 2. The second kappa shape index (κ2) is 30.8. The maximum absolute atomic E-state index is 9.51. The summed E-state index contributed by atoms with van der Waals surface area (Å²) in [4.78, 5) is 0. The molecule has 4 rings (SSSR count). The molecular formula is C42H58N2O2. The Morgan fingerprint density at radius 3 is 0.826 bits per heavy atom. The van der Waals surface area contributed by atoms with Crippen LogP contribution in [0, 0.1) is 22.7 Å². The highest BCUT2D eigenvalue weighted by Crippen LogP contribution is 2.36. The zero-order valence-corrected chi connectivity index (χ0v) is 29.5. The van der Waals surface area contributed by atoms with E-state index >= 15 is 0 Å². The highest BCUT2D eigenvalue weighted by atomic mass is 16.3. The molecule has 46 heavy (non-hydrogen) atoms. The van der Waals surface area contributed by atoms with Gasteiger partial charge in [-0.3, -0.25) is 0 Å². The molecule has 0 fully saturated rings. The lowest BCUT2D eigenvalue weighted by Crippen LogP contribution is -2.11.